The summed E-state index contributed by atoms with van der Waals surface area (Å²) >= 11 is 1.65. The quantitative estimate of drug-likeness (QED) is 0.382. The summed E-state index contributed by atoms with van der Waals surface area (Å²) in [6.45, 7) is 2.47. The highest BCUT2D eigenvalue weighted by Gasteiger charge is 2.34. The van der Waals surface area contributed by atoms with E-state index in [1.165, 1.54) is 4.90 Å². The Morgan fingerprint density at radius 1 is 1.00 bits per heavy atom. The van der Waals surface area contributed by atoms with Crippen LogP contribution in [0.4, 0.5) is 5.69 Å². The van der Waals surface area contributed by atoms with Crippen molar-refractivity contribution in [1.82, 2.24) is 4.90 Å². The highest BCUT2D eigenvalue weighted by Crippen LogP contribution is 2.25. The number of carbonyl (C=O) groups is 3. The summed E-state index contributed by atoms with van der Waals surface area (Å²) in [4.78, 5) is 38.9. The minimum atomic E-state index is -0.206. The van der Waals surface area contributed by atoms with Gasteiger partial charge in [-0.2, -0.15) is 0 Å². The van der Waals surface area contributed by atoms with Crippen LogP contribution in [0.25, 0.3) is 0 Å². The summed E-state index contributed by atoms with van der Waals surface area (Å²) in [5, 5.41) is 2.92. The van der Waals surface area contributed by atoms with Gasteiger partial charge in [-0.1, -0.05) is 31.5 Å². The molecule has 28 heavy (non-hydrogen) atoms. The number of carbonyl (C=O) groups excluding carboxylic acids is 3. The van der Waals surface area contributed by atoms with E-state index < -0.39 is 0 Å². The van der Waals surface area contributed by atoms with Gasteiger partial charge in [0.25, 0.3) is 11.8 Å². The van der Waals surface area contributed by atoms with Crippen LogP contribution < -0.4 is 5.32 Å². The molecule has 0 aliphatic carbocycles. The van der Waals surface area contributed by atoms with Gasteiger partial charge >= 0.3 is 0 Å². The van der Waals surface area contributed by atoms with Gasteiger partial charge in [-0.15, -0.1) is 11.8 Å². The number of fused-ring (bicyclic) bond motifs is 1. The van der Waals surface area contributed by atoms with E-state index in [4.69, 9.17) is 0 Å². The van der Waals surface area contributed by atoms with E-state index >= 15 is 0 Å². The van der Waals surface area contributed by atoms with Crippen molar-refractivity contribution >= 4 is 35.2 Å². The number of hydrogen-bond donors (Lipinski definition) is 1. The van der Waals surface area contributed by atoms with Crippen molar-refractivity contribution in [2.24, 2.45) is 0 Å². The first-order valence-electron chi connectivity index (χ1n) is 9.58. The van der Waals surface area contributed by atoms with Gasteiger partial charge in [-0.3, -0.25) is 19.3 Å². The Bertz CT molecular complexity index is 847. The van der Waals surface area contributed by atoms with Gasteiger partial charge in [-0.25, -0.2) is 0 Å². The fourth-order valence-corrected chi connectivity index (χ4v) is 3.97. The van der Waals surface area contributed by atoms with Gasteiger partial charge in [0.2, 0.25) is 5.91 Å². The van der Waals surface area contributed by atoms with Gasteiger partial charge < -0.3 is 5.32 Å². The van der Waals surface area contributed by atoms with Crippen LogP contribution in [0.1, 0.15) is 53.3 Å². The number of hydrogen-bond acceptors (Lipinski definition) is 4. The summed E-state index contributed by atoms with van der Waals surface area (Å²) < 4.78 is 0. The van der Waals surface area contributed by atoms with Crippen molar-refractivity contribution in [1.29, 1.82) is 0 Å². The lowest BCUT2D eigenvalue weighted by Crippen LogP contribution is -2.30. The fourth-order valence-electron chi connectivity index (χ4n) is 3.08. The average Bonchev–Trinajstić information content (AvgIpc) is 2.95. The predicted octanol–water partition coefficient (Wildman–Crippen LogP) is 4.59. The molecule has 0 saturated carbocycles. The molecule has 2 aromatic carbocycles. The van der Waals surface area contributed by atoms with Gasteiger partial charge in [0.1, 0.15) is 0 Å². The maximum absolute atomic E-state index is 12.4. The van der Waals surface area contributed by atoms with Gasteiger partial charge in [-0.05, 0) is 48.9 Å². The average molecular weight is 397 g/mol. The highest BCUT2D eigenvalue weighted by molar-refractivity contribution is 7.99. The molecule has 1 N–H and O–H groups in total. The molecule has 0 atom stereocenters. The van der Waals surface area contributed by atoms with Crippen LogP contribution in [0, 0.1) is 0 Å². The summed E-state index contributed by atoms with van der Waals surface area (Å²) in [5.41, 5.74) is 1.78. The number of imide groups is 1. The van der Waals surface area contributed by atoms with E-state index in [1.54, 1.807) is 36.0 Å². The minimum absolute atomic E-state index is 0.0367. The van der Waals surface area contributed by atoms with Crippen LogP contribution in [0.3, 0.4) is 0 Å². The Morgan fingerprint density at radius 2 is 1.71 bits per heavy atom. The zero-order valence-electron chi connectivity index (χ0n) is 15.9. The van der Waals surface area contributed by atoms with E-state index in [0.717, 1.165) is 29.2 Å². The number of unbranched alkanes of at least 4 members (excludes halogenated alkanes) is 1. The summed E-state index contributed by atoms with van der Waals surface area (Å²) in [7, 11) is 0. The van der Waals surface area contributed by atoms with Gasteiger partial charge in [0.15, 0.2) is 0 Å². The molecule has 146 valence electrons. The van der Waals surface area contributed by atoms with Crippen molar-refractivity contribution in [3.63, 3.8) is 0 Å². The molecule has 1 aliphatic rings. The van der Waals surface area contributed by atoms with Crippen LogP contribution in [0.2, 0.25) is 0 Å². The Morgan fingerprint density at radius 3 is 2.39 bits per heavy atom. The Labute approximate surface area is 169 Å². The number of rotatable bonds is 9. The molecule has 0 radical (unpaired) electrons. The molecule has 3 rings (SSSR count). The zero-order chi connectivity index (χ0) is 19.9. The maximum Gasteiger partial charge on any atom is 0.261 e. The second-order valence-corrected chi connectivity index (χ2v) is 7.86. The molecule has 6 heteroatoms. The zero-order valence-corrected chi connectivity index (χ0v) is 16.8. The smallest absolute Gasteiger partial charge is 0.261 e. The molecule has 2 aromatic rings. The molecule has 0 bridgehead atoms. The van der Waals surface area contributed by atoms with Gasteiger partial charge in [0.05, 0.1) is 11.1 Å². The van der Waals surface area contributed by atoms with E-state index in [9.17, 15) is 14.4 Å². The first-order chi connectivity index (χ1) is 13.6. The van der Waals surface area contributed by atoms with Gasteiger partial charge in [0, 0.05) is 23.5 Å². The molecule has 0 aromatic heterocycles. The van der Waals surface area contributed by atoms with Crippen molar-refractivity contribution in [2.45, 2.75) is 37.5 Å². The third-order valence-electron chi connectivity index (χ3n) is 4.55. The largest absolute Gasteiger partial charge is 0.326 e. The van der Waals surface area contributed by atoms with Crippen molar-refractivity contribution < 1.29 is 14.4 Å². The predicted molar refractivity (Wildman–Crippen MR) is 112 cm³/mol. The Balaban J connectivity index is 1.47. The monoisotopic (exact) mass is 396 g/mol. The van der Waals surface area contributed by atoms with Crippen LogP contribution in [0.5, 0.6) is 0 Å². The third-order valence-corrected chi connectivity index (χ3v) is 5.63. The molecule has 1 aliphatic heterocycles. The normalized spacial score (nSPS) is 13.0. The minimum Gasteiger partial charge on any atom is -0.326 e. The maximum atomic E-state index is 12.4. The summed E-state index contributed by atoms with van der Waals surface area (Å²) in [5.74, 6) is 0.403. The molecule has 0 fully saturated rings. The molecular formula is C22H24N2O3S. The number of nitrogens with zero attached hydrogens (tertiary/aromatic N) is 1. The lowest BCUT2D eigenvalue weighted by molar-refractivity contribution is -0.116. The lowest BCUT2D eigenvalue weighted by Gasteiger charge is -2.13. The van der Waals surface area contributed by atoms with E-state index in [1.807, 2.05) is 24.3 Å². The topological polar surface area (TPSA) is 66.5 Å². The SMILES string of the molecule is CCCCC(=O)Nc1cccc(SCCCN2C(=O)c3ccccc3C2=O)c1. The number of anilines is 1. The second kappa shape index (κ2) is 9.55. The number of benzene rings is 2. The highest BCUT2D eigenvalue weighted by atomic mass is 32.2. The first-order valence-corrected chi connectivity index (χ1v) is 10.6. The molecule has 0 saturated heterocycles. The first kappa shape index (κ1) is 20.1. The summed E-state index contributed by atoms with van der Waals surface area (Å²) in [6.07, 6.45) is 3.13. The molecule has 3 amide bonds. The van der Waals surface area contributed by atoms with E-state index in [-0.39, 0.29) is 17.7 Å². The number of amides is 3. The van der Waals surface area contributed by atoms with Crippen molar-refractivity contribution in [2.75, 3.05) is 17.6 Å². The van der Waals surface area contributed by atoms with Crippen LogP contribution in [-0.4, -0.2) is 34.9 Å². The number of nitrogens with one attached hydrogen (secondary N) is 1. The second-order valence-electron chi connectivity index (χ2n) is 6.69. The van der Waals surface area contributed by atoms with Crippen LogP contribution in [-0.2, 0) is 4.79 Å². The fraction of sp³-hybridized carbons (Fsp3) is 0.318. The third kappa shape index (κ3) is 4.81. The summed E-state index contributed by atoms with van der Waals surface area (Å²) in [6, 6.07) is 14.7. The van der Waals surface area contributed by atoms with Crippen molar-refractivity contribution in [3.05, 3.63) is 59.7 Å². The van der Waals surface area contributed by atoms with E-state index in [2.05, 4.69) is 12.2 Å². The van der Waals surface area contributed by atoms with Crippen LogP contribution in [0.15, 0.2) is 53.4 Å². The lowest BCUT2D eigenvalue weighted by atomic mass is 10.1. The Kier molecular flexibility index (Phi) is 6.87. The number of thioether (sulfide) groups is 1. The molecule has 0 spiro atoms. The molecular weight excluding hydrogens is 372 g/mol. The van der Waals surface area contributed by atoms with Crippen LogP contribution >= 0.6 is 11.8 Å². The molecule has 5 nitrogen and oxygen atoms in total. The standard InChI is InChI=1S/C22H24N2O3S/c1-2-3-12-20(25)23-16-8-6-9-17(15-16)28-14-7-13-24-21(26)18-10-4-5-11-19(18)22(24)27/h4-6,8-11,15H,2-3,7,12-14H2,1H3,(H,23,25). The van der Waals surface area contributed by atoms with E-state index in [0.29, 0.717) is 30.5 Å². The molecule has 1 heterocycles. The Hall–Kier alpha value is -2.60. The van der Waals surface area contributed by atoms with Crippen molar-refractivity contribution in [3.8, 4) is 0 Å². The molecule has 0 unspecified atom stereocenters.